The van der Waals surface area contributed by atoms with Gasteiger partial charge in [-0.25, -0.2) is 0 Å². The molecule has 1 aliphatic heterocycles. The number of para-hydroxylation sites is 2. The fourth-order valence-corrected chi connectivity index (χ4v) is 3.23. The molecule has 27 heavy (non-hydrogen) atoms. The molecule has 3 rings (SSSR count). The minimum absolute atomic E-state index is 0.0889. The van der Waals surface area contributed by atoms with E-state index in [-0.39, 0.29) is 12.0 Å². The third kappa shape index (κ3) is 4.80. The second-order valence-corrected chi connectivity index (χ2v) is 7.01. The molecular weight excluding hydrogens is 340 g/mol. The van der Waals surface area contributed by atoms with Crippen molar-refractivity contribution in [3.63, 3.8) is 0 Å². The second kappa shape index (κ2) is 8.91. The molecule has 1 heterocycles. The van der Waals surface area contributed by atoms with Crippen LogP contribution in [0.15, 0.2) is 48.5 Å². The standard InChI is InChI=1S/C22H28N2O3/c1-17(2)27-16-18-8-10-19(11-9-18)22(25)24-14-12-23(13-15-24)20-6-4-5-7-21(20)26-3/h4-11,17H,12-16H2,1-3H3. The van der Waals surface area contributed by atoms with E-state index in [0.29, 0.717) is 19.7 Å². The highest BCUT2D eigenvalue weighted by molar-refractivity contribution is 5.94. The van der Waals surface area contributed by atoms with Gasteiger partial charge in [0, 0.05) is 31.7 Å². The lowest BCUT2D eigenvalue weighted by Gasteiger charge is -2.36. The van der Waals surface area contributed by atoms with Gasteiger partial charge in [0.05, 0.1) is 25.5 Å². The highest BCUT2D eigenvalue weighted by Gasteiger charge is 2.23. The number of ether oxygens (including phenoxy) is 2. The maximum atomic E-state index is 12.8. The van der Waals surface area contributed by atoms with E-state index < -0.39 is 0 Å². The molecule has 0 atom stereocenters. The highest BCUT2D eigenvalue weighted by Crippen LogP contribution is 2.28. The zero-order chi connectivity index (χ0) is 19.2. The number of amides is 1. The average molecular weight is 368 g/mol. The molecule has 1 aliphatic rings. The lowest BCUT2D eigenvalue weighted by Crippen LogP contribution is -2.48. The van der Waals surface area contributed by atoms with Crippen molar-refractivity contribution in [2.75, 3.05) is 38.2 Å². The van der Waals surface area contributed by atoms with Crippen molar-refractivity contribution in [2.45, 2.75) is 26.6 Å². The SMILES string of the molecule is COc1ccccc1N1CCN(C(=O)c2ccc(COC(C)C)cc2)CC1. The molecule has 0 spiro atoms. The summed E-state index contributed by atoms with van der Waals surface area (Å²) in [7, 11) is 1.69. The number of hydrogen-bond donors (Lipinski definition) is 0. The van der Waals surface area contributed by atoms with Crippen LogP contribution in [0.4, 0.5) is 5.69 Å². The van der Waals surface area contributed by atoms with E-state index in [1.165, 1.54) is 0 Å². The fraction of sp³-hybridized carbons (Fsp3) is 0.409. The number of carbonyl (C=O) groups excluding carboxylic acids is 1. The lowest BCUT2D eigenvalue weighted by molar-refractivity contribution is 0.0655. The van der Waals surface area contributed by atoms with Crippen LogP contribution in [0.3, 0.4) is 0 Å². The minimum atomic E-state index is 0.0889. The summed E-state index contributed by atoms with van der Waals surface area (Å²) in [5.41, 5.74) is 2.90. The molecule has 1 saturated heterocycles. The molecule has 0 N–H and O–H groups in total. The lowest BCUT2D eigenvalue weighted by atomic mass is 10.1. The number of methoxy groups -OCH3 is 1. The molecule has 0 radical (unpaired) electrons. The number of hydrogen-bond acceptors (Lipinski definition) is 4. The van der Waals surface area contributed by atoms with Crippen molar-refractivity contribution in [3.05, 3.63) is 59.7 Å². The summed E-state index contributed by atoms with van der Waals surface area (Å²) in [6, 6.07) is 15.8. The van der Waals surface area contributed by atoms with Crippen LogP contribution in [-0.2, 0) is 11.3 Å². The number of piperazine rings is 1. The Hall–Kier alpha value is -2.53. The van der Waals surface area contributed by atoms with Gasteiger partial charge in [-0.15, -0.1) is 0 Å². The number of rotatable bonds is 6. The smallest absolute Gasteiger partial charge is 0.253 e. The summed E-state index contributed by atoms with van der Waals surface area (Å²) in [5.74, 6) is 0.961. The first kappa shape index (κ1) is 19.2. The van der Waals surface area contributed by atoms with Crippen LogP contribution in [0, 0.1) is 0 Å². The Morgan fingerprint density at radius 3 is 2.30 bits per heavy atom. The van der Waals surface area contributed by atoms with Crippen molar-refractivity contribution in [3.8, 4) is 5.75 Å². The third-order valence-electron chi connectivity index (χ3n) is 4.78. The van der Waals surface area contributed by atoms with Crippen LogP contribution in [0.5, 0.6) is 5.75 Å². The molecule has 5 heteroatoms. The Balaban J connectivity index is 1.58. The van der Waals surface area contributed by atoms with Crippen molar-refractivity contribution < 1.29 is 14.3 Å². The average Bonchev–Trinajstić information content (AvgIpc) is 2.72. The molecule has 2 aromatic rings. The number of nitrogens with zero attached hydrogens (tertiary/aromatic N) is 2. The third-order valence-corrected chi connectivity index (χ3v) is 4.78. The topological polar surface area (TPSA) is 42.0 Å². The molecule has 0 bridgehead atoms. The molecule has 0 aliphatic carbocycles. The Bertz CT molecular complexity index is 750. The van der Waals surface area contributed by atoms with Gasteiger partial charge in [-0.3, -0.25) is 4.79 Å². The summed E-state index contributed by atoms with van der Waals surface area (Å²) < 4.78 is 11.1. The number of anilines is 1. The van der Waals surface area contributed by atoms with Gasteiger partial charge in [-0.05, 0) is 43.7 Å². The quantitative estimate of drug-likeness (QED) is 0.782. The van der Waals surface area contributed by atoms with E-state index in [2.05, 4.69) is 11.0 Å². The fourth-order valence-electron chi connectivity index (χ4n) is 3.23. The molecule has 0 unspecified atom stereocenters. The van der Waals surface area contributed by atoms with E-state index in [4.69, 9.17) is 9.47 Å². The van der Waals surface area contributed by atoms with Gasteiger partial charge in [-0.1, -0.05) is 24.3 Å². The maximum absolute atomic E-state index is 12.8. The van der Waals surface area contributed by atoms with Gasteiger partial charge in [0.1, 0.15) is 5.75 Å². The predicted octanol–water partition coefficient (Wildman–Crippen LogP) is 3.58. The Kier molecular flexibility index (Phi) is 6.35. The molecular formula is C22H28N2O3. The van der Waals surface area contributed by atoms with Crippen LogP contribution in [0.25, 0.3) is 0 Å². The number of carbonyl (C=O) groups is 1. The molecule has 1 amide bonds. The predicted molar refractivity (Wildman–Crippen MR) is 107 cm³/mol. The van der Waals surface area contributed by atoms with Gasteiger partial charge in [0.15, 0.2) is 0 Å². The van der Waals surface area contributed by atoms with Crippen LogP contribution >= 0.6 is 0 Å². The molecule has 5 nitrogen and oxygen atoms in total. The molecule has 1 fully saturated rings. The van der Waals surface area contributed by atoms with E-state index in [1.54, 1.807) is 7.11 Å². The summed E-state index contributed by atoms with van der Waals surface area (Å²) in [6.07, 6.45) is 0.200. The Labute approximate surface area is 161 Å². The number of benzene rings is 2. The van der Waals surface area contributed by atoms with Crippen LogP contribution in [0.1, 0.15) is 29.8 Å². The molecule has 0 saturated carbocycles. The van der Waals surface area contributed by atoms with Crippen LogP contribution in [-0.4, -0.2) is 50.2 Å². The van der Waals surface area contributed by atoms with Crippen molar-refractivity contribution >= 4 is 11.6 Å². The van der Waals surface area contributed by atoms with Crippen LogP contribution < -0.4 is 9.64 Å². The first-order valence-electron chi connectivity index (χ1n) is 9.46. The Morgan fingerprint density at radius 2 is 1.67 bits per heavy atom. The van der Waals surface area contributed by atoms with E-state index >= 15 is 0 Å². The van der Waals surface area contributed by atoms with E-state index in [1.807, 2.05) is 61.2 Å². The maximum Gasteiger partial charge on any atom is 0.253 e. The van der Waals surface area contributed by atoms with Gasteiger partial charge in [0.2, 0.25) is 0 Å². The molecule has 144 valence electrons. The van der Waals surface area contributed by atoms with Gasteiger partial charge >= 0.3 is 0 Å². The summed E-state index contributed by atoms with van der Waals surface area (Å²) >= 11 is 0. The van der Waals surface area contributed by atoms with Gasteiger partial charge in [0.25, 0.3) is 5.91 Å². The zero-order valence-electron chi connectivity index (χ0n) is 16.4. The summed E-state index contributed by atoms with van der Waals surface area (Å²) in [5, 5.41) is 0. The van der Waals surface area contributed by atoms with Crippen LogP contribution in [0.2, 0.25) is 0 Å². The monoisotopic (exact) mass is 368 g/mol. The highest BCUT2D eigenvalue weighted by atomic mass is 16.5. The summed E-state index contributed by atoms with van der Waals surface area (Å²) in [6.45, 7) is 7.61. The summed E-state index contributed by atoms with van der Waals surface area (Å²) in [4.78, 5) is 17.0. The zero-order valence-corrected chi connectivity index (χ0v) is 16.4. The molecule has 0 aromatic heterocycles. The first-order valence-corrected chi connectivity index (χ1v) is 9.46. The van der Waals surface area contributed by atoms with E-state index in [9.17, 15) is 4.79 Å². The van der Waals surface area contributed by atoms with E-state index in [0.717, 1.165) is 35.7 Å². The van der Waals surface area contributed by atoms with Crippen molar-refractivity contribution in [1.29, 1.82) is 0 Å². The first-order chi connectivity index (χ1) is 13.1. The minimum Gasteiger partial charge on any atom is -0.495 e. The van der Waals surface area contributed by atoms with Crippen molar-refractivity contribution in [2.24, 2.45) is 0 Å². The molecule has 2 aromatic carbocycles. The Morgan fingerprint density at radius 1 is 1.00 bits per heavy atom. The normalized spacial score (nSPS) is 14.5. The van der Waals surface area contributed by atoms with Gasteiger partial charge in [-0.2, -0.15) is 0 Å². The largest absolute Gasteiger partial charge is 0.495 e. The van der Waals surface area contributed by atoms with Crippen molar-refractivity contribution in [1.82, 2.24) is 4.90 Å². The second-order valence-electron chi connectivity index (χ2n) is 7.01. The van der Waals surface area contributed by atoms with Gasteiger partial charge < -0.3 is 19.3 Å².